The molecule has 1 aromatic heterocycles. The minimum atomic E-state index is -0.294. The third-order valence-corrected chi connectivity index (χ3v) is 6.29. The lowest BCUT2D eigenvalue weighted by Gasteiger charge is -2.38. The quantitative estimate of drug-likeness (QED) is 0.718. The highest BCUT2D eigenvalue weighted by molar-refractivity contribution is 7.13. The van der Waals surface area contributed by atoms with Crippen LogP contribution in [0.2, 0.25) is 0 Å². The first kappa shape index (κ1) is 20.1. The number of hydrogen-bond acceptors (Lipinski definition) is 7. The number of carbonyl (C=O) groups excluding carboxylic acids is 1. The van der Waals surface area contributed by atoms with Gasteiger partial charge in [-0.3, -0.25) is 4.79 Å². The van der Waals surface area contributed by atoms with Gasteiger partial charge in [-0.1, -0.05) is 0 Å². The van der Waals surface area contributed by atoms with Crippen molar-refractivity contribution >= 4 is 17.2 Å². The topological polar surface area (TPSA) is 70.1 Å². The van der Waals surface area contributed by atoms with Crippen LogP contribution in [0.1, 0.15) is 25.0 Å². The van der Waals surface area contributed by atoms with Crippen LogP contribution in [0.3, 0.4) is 0 Å². The number of thiazole rings is 1. The van der Waals surface area contributed by atoms with Crippen molar-refractivity contribution in [1.82, 2.24) is 9.88 Å². The van der Waals surface area contributed by atoms with Gasteiger partial charge in [0.15, 0.2) is 17.8 Å². The van der Waals surface area contributed by atoms with E-state index in [1.807, 2.05) is 28.5 Å². The number of nitrogens with zero attached hydrogens (tertiary/aromatic N) is 2. The first-order valence-electron chi connectivity index (χ1n) is 9.89. The van der Waals surface area contributed by atoms with Crippen molar-refractivity contribution in [3.05, 3.63) is 29.3 Å². The first-order chi connectivity index (χ1) is 14.2. The summed E-state index contributed by atoms with van der Waals surface area (Å²) < 4.78 is 22.0. The summed E-state index contributed by atoms with van der Waals surface area (Å²) in [5, 5.41) is 2.80. The molecule has 156 valence electrons. The fraction of sp³-hybridized carbons (Fsp3) is 0.524. The van der Waals surface area contributed by atoms with Gasteiger partial charge in [0.2, 0.25) is 5.91 Å². The summed E-state index contributed by atoms with van der Waals surface area (Å²) in [7, 11) is 3.22. The van der Waals surface area contributed by atoms with Gasteiger partial charge in [0.25, 0.3) is 0 Å². The van der Waals surface area contributed by atoms with E-state index >= 15 is 0 Å². The number of aromatic nitrogens is 1. The van der Waals surface area contributed by atoms with Crippen LogP contribution < -0.4 is 9.47 Å². The minimum absolute atomic E-state index is 0.00251. The molecule has 0 bridgehead atoms. The summed E-state index contributed by atoms with van der Waals surface area (Å²) in [6.45, 7) is 1.95. The molecule has 0 aliphatic carbocycles. The molecular weight excluding hydrogens is 392 g/mol. The normalized spacial score (nSPS) is 20.1. The predicted octanol–water partition coefficient (Wildman–Crippen LogP) is 3.12. The summed E-state index contributed by atoms with van der Waals surface area (Å²) in [5.74, 6) is 1.42. The van der Waals surface area contributed by atoms with Gasteiger partial charge in [-0.25, -0.2) is 4.98 Å². The fourth-order valence-corrected chi connectivity index (χ4v) is 4.71. The van der Waals surface area contributed by atoms with Crippen molar-refractivity contribution in [1.29, 1.82) is 0 Å². The van der Waals surface area contributed by atoms with Gasteiger partial charge in [0, 0.05) is 17.5 Å². The molecule has 0 radical (unpaired) electrons. The fourth-order valence-electron chi connectivity index (χ4n) is 3.90. The molecule has 0 saturated carbocycles. The van der Waals surface area contributed by atoms with E-state index in [9.17, 15) is 4.79 Å². The smallest absolute Gasteiger partial charge is 0.229 e. The van der Waals surface area contributed by atoms with Crippen LogP contribution in [0.5, 0.6) is 11.5 Å². The average molecular weight is 419 g/mol. The standard InChI is InChI=1S/C21H26N2O5S/c1-25-17-7-6-14(11-18(17)26-2)20-22-15(13-29-20)12-19(24)23-8-4-3-5-16(23)21-27-9-10-28-21/h6-7,11,13,16,21H,3-5,8-10,12H2,1-2H3. The molecule has 2 aliphatic rings. The number of methoxy groups -OCH3 is 2. The van der Waals surface area contributed by atoms with E-state index in [0.29, 0.717) is 24.7 Å². The van der Waals surface area contributed by atoms with E-state index in [4.69, 9.17) is 18.9 Å². The van der Waals surface area contributed by atoms with Crippen molar-refractivity contribution in [2.45, 2.75) is 38.0 Å². The molecule has 1 atom stereocenters. The van der Waals surface area contributed by atoms with Gasteiger partial charge >= 0.3 is 0 Å². The van der Waals surface area contributed by atoms with E-state index in [-0.39, 0.29) is 24.7 Å². The van der Waals surface area contributed by atoms with Gasteiger partial charge in [-0.15, -0.1) is 11.3 Å². The van der Waals surface area contributed by atoms with Gasteiger partial charge in [0.05, 0.1) is 45.6 Å². The van der Waals surface area contributed by atoms with E-state index < -0.39 is 0 Å². The molecule has 2 saturated heterocycles. The Bertz CT molecular complexity index is 849. The van der Waals surface area contributed by atoms with Crippen LogP contribution in [-0.2, 0) is 20.7 Å². The van der Waals surface area contributed by atoms with E-state index in [2.05, 4.69) is 4.98 Å². The highest BCUT2D eigenvalue weighted by Gasteiger charge is 2.36. The first-order valence-corrected chi connectivity index (χ1v) is 10.8. The molecule has 0 spiro atoms. The Morgan fingerprint density at radius 3 is 2.76 bits per heavy atom. The lowest BCUT2D eigenvalue weighted by Crippen LogP contribution is -2.50. The van der Waals surface area contributed by atoms with Gasteiger partial charge in [-0.2, -0.15) is 0 Å². The number of piperidine rings is 1. The third kappa shape index (κ3) is 4.39. The molecule has 3 heterocycles. The molecule has 2 aromatic rings. The Balaban J connectivity index is 1.46. The summed E-state index contributed by atoms with van der Waals surface area (Å²) in [6.07, 6.45) is 3.02. The third-order valence-electron chi connectivity index (χ3n) is 5.35. The van der Waals surface area contributed by atoms with Crippen molar-refractivity contribution in [3.8, 4) is 22.1 Å². The zero-order valence-corrected chi connectivity index (χ0v) is 17.6. The Kier molecular flexibility index (Phi) is 6.32. The molecule has 1 aromatic carbocycles. The molecular formula is C21H26N2O5S. The zero-order valence-electron chi connectivity index (χ0n) is 16.8. The molecule has 2 aliphatic heterocycles. The maximum absolute atomic E-state index is 13.0. The van der Waals surface area contributed by atoms with E-state index in [1.54, 1.807) is 14.2 Å². The SMILES string of the molecule is COc1ccc(-c2nc(CC(=O)N3CCCCC3C3OCCO3)cs2)cc1OC. The van der Waals surface area contributed by atoms with Crippen molar-refractivity contribution in [2.24, 2.45) is 0 Å². The second-order valence-corrected chi connectivity index (χ2v) is 8.01. The number of benzene rings is 1. The number of amides is 1. The Morgan fingerprint density at radius 1 is 1.21 bits per heavy atom. The van der Waals surface area contributed by atoms with Crippen LogP contribution in [0.4, 0.5) is 0 Å². The maximum atomic E-state index is 13.0. The van der Waals surface area contributed by atoms with Crippen molar-refractivity contribution < 1.29 is 23.7 Å². The number of carbonyl (C=O) groups is 1. The minimum Gasteiger partial charge on any atom is -0.493 e. The summed E-state index contributed by atoms with van der Waals surface area (Å²) in [5.41, 5.74) is 1.72. The second kappa shape index (κ2) is 9.11. The maximum Gasteiger partial charge on any atom is 0.229 e. The van der Waals surface area contributed by atoms with Crippen molar-refractivity contribution in [2.75, 3.05) is 34.0 Å². The Labute approximate surface area is 174 Å². The molecule has 2 fully saturated rings. The summed E-state index contributed by atoms with van der Waals surface area (Å²) in [4.78, 5) is 19.6. The van der Waals surface area contributed by atoms with Crippen LogP contribution in [0.25, 0.3) is 10.6 Å². The highest BCUT2D eigenvalue weighted by atomic mass is 32.1. The average Bonchev–Trinajstić information content (AvgIpc) is 3.45. The predicted molar refractivity (Wildman–Crippen MR) is 109 cm³/mol. The molecule has 4 rings (SSSR count). The molecule has 29 heavy (non-hydrogen) atoms. The largest absolute Gasteiger partial charge is 0.493 e. The van der Waals surface area contributed by atoms with Crippen LogP contribution in [0.15, 0.2) is 23.6 Å². The Morgan fingerprint density at radius 2 is 2.00 bits per heavy atom. The molecule has 1 amide bonds. The molecule has 0 N–H and O–H groups in total. The lowest BCUT2D eigenvalue weighted by atomic mass is 10.0. The monoisotopic (exact) mass is 418 g/mol. The van der Waals surface area contributed by atoms with Gasteiger partial charge in [-0.05, 0) is 37.5 Å². The Hall–Kier alpha value is -2.16. The highest BCUT2D eigenvalue weighted by Crippen LogP contribution is 2.34. The van der Waals surface area contributed by atoms with Crippen molar-refractivity contribution in [3.63, 3.8) is 0 Å². The van der Waals surface area contributed by atoms with E-state index in [1.165, 1.54) is 11.3 Å². The van der Waals surface area contributed by atoms with Gasteiger partial charge in [0.1, 0.15) is 5.01 Å². The van der Waals surface area contributed by atoms with Crippen LogP contribution in [-0.4, -0.2) is 62.1 Å². The lowest BCUT2D eigenvalue weighted by molar-refractivity contribution is -0.150. The molecule has 7 nitrogen and oxygen atoms in total. The zero-order chi connectivity index (χ0) is 20.2. The summed E-state index contributed by atoms with van der Waals surface area (Å²) >= 11 is 1.52. The van der Waals surface area contributed by atoms with Crippen LogP contribution >= 0.6 is 11.3 Å². The molecule has 1 unspecified atom stereocenters. The summed E-state index contributed by atoms with van der Waals surface area (Å²) in [6, 6.07) is 5.71. The number of hydrogen-bond donors (Lipinski definition) is 0. The number of ether oxygens (including phenoxy) is 4. The number of likely N-dealkylation sites (tertiary alicyclic amines) is 1. The van der Waals surface area contributed by atoms with E-state index in [0.717, 1.165) is 42.1 Å². The molecule has 8 heteroatoms. The number of rotatable bonds is 6. The van der Waals surface area contributed by atoms with Gasteiger partial charge < -0.3 is 23.8 Å². The van der Waals surface area contributed by atoms with Crippen LogP contribution in [0, 0.1) is 0 Å². The second-order valence-electron chi connectivity index (χ2n) is 7.15.